The van der Waals surface area contributed by atoms with Gasteiger partial charge in [0.15, 0.2) is 0 Å². The van der Waals surface area contributed by atoms with E-state index in [9.17, 15) is 0 Å². The maximum atomic E-state index is 5.08. The summed E-state index contributed by atoms with van der Waals surface area (Å²) in [6, 6.07) is 0. The van der Waals surface area contributed by atoms with Gasteiger partial charge >= 0.3 is 0 Å². The molecule has 2 rings (SSSR count). The standard InChI is InChI=1S/C11H9Br2O2S2/c12-8-4-14-6-10(8)16-2-1-3-17-11-7-15-5-9(11)13/h4,6-7H,1-3H2/q+1. The molecule has 0 N–H and O–H groups in total. The molecule has 1 aliphatic heterocycles. The SMILES string of the molecule is BrC1=[C+]OC=C1SCCCSc1cocc1Br. The Morgan fingerprint density at radius 1 is 1.18 bits per heavy atom. The summed E-state index contributed by atoms with van der Waals surface area (Å²) in [5.74, 6) is 2.14. The Morgan fingerprint density at radius 3 is 2.65 bits per heavy atom. The molecule has 0 saturated carbocycles. The number of allylic oxidation sites excluding steroid dienone is 1. The van der Waals surface area contributed by atoms with Crippen LogP contribution in [0.1, 0.15) is 6.42 Å². The molecule has 0 fully saturated rings. The zero-order valence-corrected chi connectivity index (χ0v) is 13.5. The monoisotopic (exact) mass is 395 g/mol. The molecule has 0 unspecified atom stereocenters. The molecule has 2 nitrogen and oxygen atoms in total. The first kappa shape index (κ1) is 13.6. The topological polar surface area (TPSA) is 22.4 Å². The summed E-state index contributed by atoms with van der Waals surface area (Å²) >= 11 is 10.4. The van der Waals surface area contributed by atoms with Crippen molar-refractivity contribution in [2.45, 2.75) is 11.3 Å². The van der Waals surface area contributed by atoms with Gasteiger partial charge < -0.3 is 4.42 Å². The highest BCUT2D eigenvalue weighted by atomic mass is 79.9. The van der Waals surface area contributed by atoms with Crippen molar-refractivity contribution in [3.8, 4) is 0 Å². The maximum absolute atomic E-state index is 5.08. The summed E-state index contributed by atoms with van der Waals surface area (Å²) in [6.45, 7) is 0. The number of hydrogen-bond acceptors (Lipinski definition) is 4. The van der Waals surface area contributed by atoms with Crippen LogP contribution in [0.5, 0.6) is 0 Å². The Labute approximate surface area is 125 Å². The van der Waals surface area contributed by atoms with Gasteiger partial charge in [-0.1, -0.05) is 0 Å². The summed E-state index contributed by atoms with van der Waals surface area (Å²) in [6.07, 6.45) is 9.05. The molecule has 1 aromatic heterocycles. The summed E-state index contributed by atoms with van der Waals surface area (Å²) in [4.78, 5) is 2.27. The lowest BCUT2D eigenvalue weighted by atomic mass is 10.6. The van der Waals surface area contributed by atoms with Gasteiger partial charge in [0.2, 0.25) is 9.39 Å². The van der Waals surface area contributed by atoms with Crippen LogP contribution in [-0.4, -0.2) is 11.5 Å². The molecule has 0 atom stereocenters. The number of furan rings is 1. The normalized spacial score (nSPS) is 14.0. The van der Waals surface area contributed by atoms with Crippen LogP contribution < -0.4 is 0 Å². The minimum Gasteiger partial charge on any atom is -0.470 e. The van der Waals surface area contributed by atoms with Crippen LogP contribution in [0, 0.1) is 6.26 Å². The highest BCUT2D eigenvalue weighted by Gasteiger charge is 2.22. The third-order valence-corrected chi connectivity index (χ3v) is 5.87. The van der Waals surface area contributed by atoms with E-state index in [1.807, 2.05) is 0 Å². The molecule has 1 aliphatic rings. The summed E-state index contributed by atoms with van der Waals surface area (Å²) in [7, 11) is 0. The van der Waals surface area contributed by atoms with Gasteiger partial charge in [0.25, 0.3) is 12.5 Å². The number of hydrogen-bond donors (Lipinski definition) is 0. The molecule has 1 aromatic rings. The van der Waals surface area contributed by atoms with Gasteiger partial charge in [-0.2, -0.15) is 0 Å². The van der Waals surface area contributed by atoms with Crippen molar-refractivity contribution >= 4 is 55.4 Å². The lowest BCUT2D eigenvalue weighted by molar-refractivity contribution is 0.386. The van der Waals surface area contributed by atoms with Crippen molar-refractivity contribution in [1.82, 2.24) is 0 Å². The van der Waals surface area contributed by atoms with E-state index >= 15 is 0 Å². The van der Waals surface area contributed by atoms with Gasteiger partial charge in [0.05, 0.1) is 9.37 Å². The first-order valence-electron chi connectivity index (χ1n) is 4.89. The molecule has 0 amide bonds. The van der Waals surface area contributed by atoms with Crippen LogP contribution in [-0.2, 0) is 4.74 Å². The highest BCUT2D eigenvalue weighted by Crippen LogP contribution is 2.33. The smallest absolute Gasteiger partial charge is 0.270 e. The molecule has 0 radical (unpaired) electrons. The molecule has 0 saturated heterocycles. The Hall–Kier alpha value is 0.130. The molecule has 0 bridgehead atoms. The van der Waals surface area contributed by atoms with E-state index in [2.05, 4.69) is 38.1 Å². The number of halogens is 2. The van der Waals surface area contributed by atoms with Crippen LogP contribution in [0.25, 0.3) is 0 Å². The van der Waals surface area contributed by atoms with E-state index in [4.69, 9.17) is 9.15 Å². The van der Waals surface area contributed by atoms with Crippen LogP contribution >= 0.6 is 55.4 Å². The lowest BCUT2D eigenvalue weighted by Crippen LogP contribution is -1.84. The fourth-order valence-electron chi connectivity index (χ4n) is 1.13. The predicted octanol–water partition coefficient (Wildman–Crippen LogP) is 5.17. The molecule has 2 heterocycles. The number of thioether (sulfide) groups is 2. The van der Waals surface area contributed by atoms with Crippen LogP contribution in [0.2, 0.25) is 0 Å². The fourth-order valence-corrected chi connectivity index (χ4v) is 4.00. The fraction of sp³-hybridized carbons (Fsp3) is 0.273. The van der Waals surface area contributed by atoms with Crippen LogP contribution in [0.15, 0.2) is 42.0 Å². The maximum Gasteiger partial charge on any atom is 0.270 e. The van der Waals surface area contributed by atoms with Crippen molar-refractivity contribution in [2.24, 2.45) is 0 Å². The molecule has 0 aliphatic carbocycles. The van der Waals surface area contributed by atoms with Gasteiger partial charge in [-0.05, 0) is 55.8 Å². The average Bonchev–Trinajstić information content (AvgIpc) is 2.89. The number of ether oxygens (including phenoxy) is 1. The Bertz CT molecular complexity index is 440. The molecule has 6 heteroatoms. The molecule has 90 valence electrons. The predicted molar refractivity (Wildman–Crippen MR) is 79.1 cm³/mol. The van der Waals surface area contributed by atoms with Gasteiger partial charge in [0, 0.05) is 5.75 Å². The van der Waals surface area contributed by atoms with Crippen molar-refractivity contribution in [3.63, 3.8) is 0 Å². The van der Waals surface area contributed by atoms with Crippen molar-refractivity contribution in [3.05, 3.63) is 38.9 Å². The van der Waals surface area contributed by atoms with E-state index in [1.54, 1.807) is 42.3 Å². The van der Waals surface area contributed by atoms with Crippen molar-refractivity contribution in [2.75, 3.05) is 11.5 Å². The summed E-state index contributed by atoms with van der Waals surface area (Å²) < 4.78 is 12.0. The molecule has 17 heavy (non-hydrogen) atoms. The largest absolute Gasteiger partial charge is 0.470 e. The third kappa shape index (κ3) is 4.07. The molecular weight excluding hydrogens is 388 g/mol. The summed E-state index contributed by atoms with van der Waals surface area (Å²) in [5, 5.41) is 0. The molecule has 0 aromatic carbocycles. The Kier molecular flexibility index (Phi) is 5.50. The number of rotatable bonds is 6. The average molecular weight is 397 g/mol. The van der Waals surface area contributed by atoms with E-state index in [0.717, 1.165) is 36.7 Å². The van der Waals surface area contributed by atoms with Gasteiger partial charge in [-0.15, -0.1) is 11.8 Å². The van der Waals surface area contributed by atoms with Crippen molar-refractivity contribution < 1.29 is 9.15 Å². The van der Waals surface area contributed by atoms with Crippen LogP contribution in [0.4, 0.5) is 0 Å². The first-order valence-corrected chi connectivity index (χ1v) is 8.45. The molecular formula is C11H9Br2O2S2+. The van der Waals surface area contributed by atoms with Crippen molar-refractivity contribution in [1.29, 1.82) is 0 Å². The minimum atomic E-state index is 0.910. The quantitative estimate of drug-likeness (QED) is 0.375. The highest BCUT2D eigenvalue weighted by molar-refractivity contribution is 9.12. The van der Waals surface area contributed by atoms with E-state index in [1.165, 1.54) is 0 Å². The second kappa shape index (κ2) is 6.90. The summed E-state index contributed by atoms with van der Waals surface area (Å²) in [5.41, 5.74) is 0. The van der Waals surface area contributed by atoms with E-state index < -0.39 is 0 Å². The second-order valence-corrected chi connectivity index (χ2v) is 7.07. The zero-order valence-electron chi connectivity index (χ0n) is 8.74. The molecule has 0 spiro atoms. The van der Waals surface area contributed by atoms with Gasteiger partial charge in [0.1, 0.15) is 12.5 Å². The third-order valence-electron chi connectivity index (χ3n) is 1.92. The minimum absolute atomic E-state index is 0.910. The van der Waals surface area contributed by atoms with E-state index in [-0.39, 0.29) is 0 Å². The van der Waals surface area contributed by atoms with Gasteiger partial charge in [-0.25, -0.2) is 0 Å². The first-order chi connectivity index (χ1) is 8.27. The lowest BCUT2D eigenvalue weighted by Gasteiger charge is -1.97. The zero-order chi connectivity index (χ0) is 12.1. The van der Waals surface area contributed by atoms with Gasteiger partial charge in [-0.3, -0.25) is 4.74 Å². The Morgan fingerprint density at radius 2 is 2.00 bits per heavy atom. The Balaban J connectivity index is 1.61. The van der Waals surface area contributed by atoms with E-state index in [0.29, 0.717) is 0 Å². The van der Waals surface area contributed by atoms with Crippen LogP contribution in [0.3, 0.4) is 0 Å². The second-order valence-electron chi connectivity index (χ2n) is 3.15.